The molecule has 6 heteroatoms. The van der Waals surface area contributed by atoms with Gasteiger partial charge in [-0.1, -0.05) is 30.7 Å². The molecule has 0 heterocycles. The highest BCUT2D eigenvalue weighted by Gasteiger charge is 2.18. The summed E-state index contributed by atoms with van der Waals surface area (Å²) in [6, 6.07) is 7.54. The minimum absolute atomic E-state index is 0.167. The molecule has 2 rings (SSSR count). The van der Waals surface area contributed by atoms with E-state index in [2.05, 4.69) is 34.8 Å². The van der Waals surface area contributed by atoms with Crippen LogP contribution in [0.5, 0.6) is 0 Å². The summed E-state index contributed by atoms with van der Waals surface area (Å²) in [4.78, 5) is 16.7. The van der Waals surface area contributed by atoms with Crippen molar-refractivity contribution >= 4 is 23.5 Å². The fourth-order valence-corrected chi connectivity index (χ4v) is 3.22. The SMILES string of the molecule is CCNC(=NCCNC(=O)c1ccccc1Cl)NC1CCC(C)CC1. The van der Waals surface area contributed by atoms with Gasteiger partial charge in [-0.3, -0.25) is 9.79 Å². The van der Waals surface area contributed by atoms with E-state index in [0.29, 0.717) is 29.7 Å². The Morgan fingerprint density at radius 1 is 1.20 bits per heavy atom. The zero-order valence-electron chi connectivity index (χ0n) is 15.1. The average molecular weight is 365 g/mol. The third-order valence-electron chi connectivity index (χ3n) is 4.49. The molecular formula is C19H29ClN4O. The highest BCUT2D eigenvalue weighted by atomic mass is 35.5. The second-order valence-electron chi connectivity index (χ2n) is 6.60. The lowest BCUT2D eigenvalue weighted by molar-refractivity contribution is 0.0955. The molecule has 0 aliphatic heterocycles. The number of rotatable bonds is 6. The van der Waals surface area contributed by atoms with Crippen molar-refractivity contribution in [2.24, 2.45) is 10.9 Å². The molecule has 5 nitrogen and oxygen atoms in total. The maximum Gasteiger partial charge on any atom is 0.252 e. The number of hydrogen-bond donors (Lipinski definition) is 3. The molecule has 0 unspecified atom stereocenters. The third kappa shape index (κ3) is 6.58. The molecule has 1 aromatic carbocycles. The van der Waals surface area contributed by atoms with Crippen LogP contribution in [0.3, 0.4) is 0 Å². The summed E-state index contributed by atoms with van der Waals surface area (Å²) >= 11 is 6.03. The standard InChI is InChI=1S/C19H29ClN4O/c1-3-21-19(24-15-10-8-14(2)9-11-15)23-13-12-22-18(25)16-6-4-5-7-17(16)20/h4-7,14-15H,3,8-13H2,1-2H3,(H,22,25)(H2,21,23,24). The van der Waals surface area contributed by atoms with Gasteiger partial charge in [0.15, 0.2) is 5.96 Å². The van der Waals surface area contributed by atoms with Crippen molar-refractivity contribution in [2.45, 2.75) is 45.6 Å². The number of carbonyl (C=O) groups excluding carboxylic acids is 1. The quantitative estimate of drug-likeness (QED) is 0.412. The molecule has 0 atom stereocenters. The highest BCUT2D eigenvalue weighted by molar-refractivity contribution is 6.33. The van der Waals surface area contributed by atoms with Crippen LogP contribution in [0.1, 0.15) is 49.9 Å². The van der Waals surface area contributed by atoms with Crippen molar-refractivity contribution in [3.8, 4) is 0 Å². The zero-order valence-corrected chi connectivity index (χ0v) is 15.9. The minimum Gasteiger partial charge on any atom is -0.357 e. The summed E-state index contributed by atoms with van der Waals surface area (Å²) in [5.74, 6) is 1.49. The summed E-state index contributed by atoms with van der Waals surface area (Å²) in [7, 11) is 0. The van der Waals surface area contributed by atoms with Crippen molar-refractivity contribution in [3.63, 3.8) is 0 Å². The van der Waals surface area contributed by atoms with E-state index in [4.69, 9.17) is 11.6 Å². The molecule has 0 radical (unpaired) electrons. The molecule has 1 amide bonds. The molecule has 0 spiro atoms. The normalized spacial score (nSPS) is 20.8. The van der Waals surface area contributed by atoms with E-state index in [-0.39, 0.29) is 5.91 Å². The predicted octanol–water partition coefficient (Wildman–Crippen LogP) is 3.20. The minimum atomic E-state index is -0.167. The molecule has 1 aliphatic carbocycles. The Morgan fingerprint density at radius 3 is 2.60 bits per heavy atom. The summed E-state index contributed by atoms with van der Waals surface area (Å²) in [6.45, 7) is 6.19. The van der Waals surface area contributed by atoms with Gasteiger partial charge in [-0.25, -0.2) is 0 Å². The summed E-state index contributed by atoms with van der Waals surface area (Å²) in [5, 5.41) is 10.1. The van der Waals surface area contributed by atoms with Gasteiger partial charge in [-0.2, -0.15) is 0 Å². The molecule has 3 N–H and O–H groups in total. The van der Waals surface area contributed by atoms with Gasteiger partial charge >= 0.3 is 0 Å². The highest BCUT2D eigenvalue weighted by Crippen LogP contribution is 2.23. The largest absolute Gasteiger partial charge is 0.357 e. The molecule has 1 aliphatic rings. The summed E-state index contributed by atoms with van der Waals surface area (Å²) in [6.07, 6.45) is 4.92. The Hall–Kier alpha value is -1.75. The van der Waals surface area contributed by atoms with Crippen LogP contribution in [0.4, 0.5) is 0 Å². The molecule has 25 heavy (non-hydrogen) atoms. The molecule has 1 fully saturated rings. The smallest absolute Gasteiger partial charge is 0.252 e. The van der Waals surface area contributed by atoms with Crippen molar-refractivity contribution in [2.75, 3.05) is 19.6 Å². The number of carbonyl (C=O) groups is 1. The second kappa shape index (κ2) is 10.3. The van der Waals surface area contributed by atoms with Crippen LogP contribution in [0.25, 0.3) is 0 Å². The Morgan fingerprint density at radius 2 is 1.92 bits per heavy atom. The van der Waals surface area contributed by atoms with Crippen LogP contribution in [0.15, 0.2) is 29.3 Å². The fraction of sp³-hybridized carbons (Fsp3) is 0.579. The molecule has 138 valence electrons. The van der Waals surface area contributed by atoms with Gasteiger partial charge in [0.05, 0.1) is 17.1 Å². The van der Waals surface area contributed by atoms with E-state index in [1.54, 1.807) is 18.2 Å². The molecular weight excluding hydrogens is 336 g/mol. The monoisotopic (exact) mass is 364 g/mol. The molecule has 1 aromatic rings. The Balaban J connectivity index is 1.79. The number of nitrogens with zero attached hydrogens (tertiary/aromatic N) is 1. The van der Waals surface area contributed by atoms with Crippen LogP contribution in [0, 0.1) is 5.92 Å². The van der Waals surface area contributed by atoms with Crippen LogP contribution >= 0.6 is 11.6 Å². The average Bonchev–Trinajstić information content (AvgIpc) is 2.61. The maximum absolute atomic E-state index is 12.1. The van der Waals surface area contributed by atoms with Crippen LogP contribution < -0.4 is 16.0 Å². The Labute approximate surface area is 155 Å². The van der Waals surface area contributed by atoms with Crippen LogP contribution in [-0.4, -0.2) is 37.5 Å². The number of nitrogens with one attached hydrogen (secondary N) is 3. The molecule has 0 bridgehead atoms. The van der Waals surface area contributed by atoms with Gasteiger partial charge in [-0.05, 0) is 50.7 Å². The van der Waals surface area contributed by atoms with E-state index in [1.807, 2.05) is 6.07 Å². The number of guanidine groups is 1. The van der Waals surface area contributed by atoms with E-state index in [9.17, 15) is 4.79 Å². The molecule has 0 aromatic heterocycles. The van der Waals surface area contributed by atoms with Gasteiger partial charge in [0.2, 0.25) is 0 Å². The molecule has 1 saturated carbocycles. The van der Waals surface area contributed by atoms with Crippen molar-refractivity contribution < 1.29 is 4.79 Å². The van der Waals surface area contributed by atoms with E-state index in [0.717, 1.165) is 18.4 Å². The van der Waals surface area contributed by atoms with Gasteiger partial charge in [0.1, 0.15) is 0 Å². The number of halogens is 1. The summed E-state index contributed by atoms with van der Waals surface area (Å²) < 4.78 is 0. The van der Waals surface area contributed by atoms with Crippen molar-refractivity contribution in [1.82, 2.24) is 16.0 Å². The van der Waals surface area contributed by atoms with Crippen LogP contribution in [-0.2, 0) is 0 Å². The van der Waals surface area contributed by atoms with Crippen molar-refractivity contribution in [3.05, 3.63) is 34.9 Å². The van der Waals surface area contributed by atoms with E-state index < -0.39 is 0 Å². The number of hydrogen-bond acceptors (Lipinski definition) is 2. The zero-order chi connectivity index (χ0) is 18.1. The van der Waals surface area contributed by atoms with Gasteiger partial charge < -0.3 is 16.0 Å². The first-order valence-electron chi connectivity index (χ1n) is 9.17. The lowest BCUT2D eigenvalue weighted by Crippen LogP contribution is -2.45. The van der Waals surface area contributed by atoms with Gasteiger partial charge in [0, 0.05) is 19.1 Å². The van der Waals surface area contributed by atoms with Crippen LogP contribution in [0.2, 0.25) is 5.02 Å². The van der Waals surface area contributed by atoms with Gasteiger partial charge in [-0.15, -0.1) is 0 Å². The number of aliphatic imine (C=N–C) groups is 1. The lowest BCUT2D eigenvalue weighted by Gasteiger charge is -2.28. The first-order chi connectivity index (χ1) is 12.1. The Bertz CT molecular complexity index is 583. The fourth-order valence-electron chi connectivity index (χ4n) is 3.00. The first-order valence-corrected chi connectivity index (χ1v) is 9.55. The third-order valence-corrected chi connectivity index (χ3v) is 4.82. The van der Waals surface area contributed by atoms with E-state index in [1.165, 1.54) is 25.7 Å². The van der Waals surface area contributed by atoms with Crippen molar-refractivity contribution in [1.29, 1.82) is 0 Å². The lowest BCUT2D eigenvalue weighted by atomic mass is 9.87. The topological polar surface area (TPSA) is 65.5 Å². The van der Waals surface area contributed by atoms with Gasteiger partial charge in [0.25, 0.3) is 5.91 Å². The number of amides is 1. The number of benzene rings is 1. The predicted molar refractivity (Wildman–Crippen MR) is 104 cm³/mol. The maximum atomic E-state index is 12.1. The molecule has 0 saturated heterocycles. The Kier molecular flexibility index (Phi) is 8.06. The second-order valence-corrected chi connectivity index (χ2v) is 7.00. The van der Waals surface area contributed by atoms with E-state index >= 15 is 0 Å². The first kappa shape index (κ1) is 19.6. The summed E-state index contributed by atoms with van der Waals surface area (Å²) in [5.41, 5.74) is 0.495.